The highest BCUT2D eigenvalue weighted by Gasteiger charge is 2.16. The van der Waals surface area contributed by atoms with Crippen LogP contribution in [0, 0.1) is 5.82 Å². The van der Waals surface area contributed by atoms with Crippen LogP contribution in [0.1, 0.15) is 0 Å². The van der Waals surface area contributed by atoms with Crippen molar-refractivity contribution in [2.75, 3.05) is 5.73 Å². The van der Waals surface area contributed by atoms with Gasteiger partial charge in [-0.25, -0.2) is 4.39 Å². The number of aromatic nitrogens is 1. The molecule has 106 valence electrons. The summed E-state index contributed by atoms with van der Waals surface area (Å²) in [6.45, 7) is 0. The first-order valence-electron chi connectivity index (χ1n) is 6.04. The monoisotopic (exact) mass is 322 g/mol. The molecule has 2 aromatic carbocycles. The number of fused-ring (bicyclic) bond motifs is 1. The lowest BCUT2D eigenvalue weighted by molar-refractivity contribution is 0.627. The number of nitrogens with zero attached hydrogens (tertiary/aromatic N) is 1. The average molecular weight is 323 g/mol. The van der Waals surface area contributed by atoms with Crippen molar-refractivity contribution in [1.82, 2.24) is 4.57 Å². The Kier molecular flexibility index (Phi) is 3.35. The molecule has 3 aromatic rings. The second kappa shape index (κ2) is 5.06. The minimum absolute atomic E-state index is 0.0177. The quantitative estimate of drug-likeness (QED) is 0.735. The van der Waals surface area contributed by atoms with Gasteiger partial charge in [-0.3, -0.25) is 9.36 Å². The molecular weight excluding hydrogens is 314 g/mol. The zero-order valence-corrected chi connectivity index (χ0v) is 12.1. The number of benzene rings is 2. The molecule has 0 aliphatic carbocycles. The topological polar surface area (TPSA) is 48.0 Å². The predicted octanol–water partition coefficient (Wildman–Crippen LogP) is 4.02. The fraction of sp³-hybridized carbons (Fsp3) is 0. The maximum Gasteiger partial charge on any atom is 0.264 e. The summed E-state index contributed by atoms with van der Waals surface area (Å²) in [5.41, 5.74) is 5.76. The van der Waals surface area contributed by atoms with Gasteiger partial charge < -0.3 is 5.73 Å². The first kappa shape index (κ1) is 13.9. The van der Waals surface area contributed by atoms with Crippen molar-refractivity contribution in [3.63, 3.8) is 0 Å². The summed E-state index contributed by atoms with van der Waals surface area (Å²) < 4.78 is 14.5. The molecule has 0 saturated heterocycles. The molecule has 0 aliphatic heterocycles. The molecule has 0 spiro atoms. The number of pyridine rings is 1. The smallest absolute Gasteiger partial charge is 0.264 e. The Bertz CT molecular complexity index is 898. The number of nitrogens with two attached hydrogens (primary N) is 1. The van der Waals surface area contributed by atoms with E-state index < -0.39 is 5.82 Å². The molecule has 3 nitrogen and oxygen atoms in total. The van der Waals surface area contributed by atoms with Crippen LogP contribution >= 0.6 is 23.2 Å². The third-order valence-electron chi connectivity index (χ3n) is 3.16. The van der Waals surface area contributed by atoms with E-state index in [2.05, 4.69) is 0 Å². The number of halogens is 3. The largest absolute Gasteiger partial charge is 0.385 e. The van der Waals surface area contributed by atoms with Gasteiger partial charge in [-0.05, 0) is 29.7 Å². The molecule has 0 amide bonds. The Morgan fingerprint density at radius 3 is 2.33 bits per heavy atom. The van der Waals surface area contributed by atoms with Gasteiger partial charge in [0.2, 0.25) is 0 Å². The summed E-state index contributed by atoms with van der Waals surface area (Å²) in [7, 11) is 0. The van der Waals surface area contributed by atoms with Crippen molar-refractivity contribution < 1.29 is 4.39 Å². The molecule has 0 radical (unpaired) electrons. The minimum Gasteiger partial charge on any atom is -0.385 e. The van der Waals surface area contributed by atoms with Gasteiger partial charge >= 0.3 is 0 Å². The highest BCUT2D eigenvalue weighted by molar-refractivity contribution is 6.37. The van der Waals surface area contributed by atoms with E-state index in [4.69, 9.17) is 28.9 Å². The third kappa shape index (κ3) is 2.26. The lowest BCUT2D eigenvalue weighted by Gasteiger charge is -2.14. The van der Waals surface area contributed by atoms with Crippen molar-refractivity contribution in [2.45, 2.75) is 0 Å². The summed E-state index contributed by atoms with van der Waals surface area (Å²) in [6, 6.07) is 10.8. The van der Waals surface area contributed by atoms with Crippen molar-refractivity contribution in [3.05, 3.63) is 68.7 Å². The highest BCUT2D eigenvalue weighted by Crippen LogP contribution is 2.31. The molecule has 0 atom stereocenters. The molecule has 0 unspecified atom stereocenters. The summed E-state index contributed by atoms with van der Waals surface area (Å²) in [5.74, 6) is -0.407. The number of anilines is 1. The molecule has 21 heavy (non-hydrogen) atoms. The predicted molar refractivity (Wildman–Crippen MR) is 83.9 cm³/mol. The highest BCUT2D eigenvalue weighted by atomic mass is 35.5. The summed E-state index contributed by atoms with van der Waals surface area (Å²) in [4.78, 5) is 12.6. The van der Waals surface area contributed by atoms with Gasteiger partial charge in [-0.2, -0.15) is 0 Å². The average Bonchev–Trinajstić information content (AvgIpc) is 2.41. The number of hydrogen-bond acceptors (Lipinski definition) is 2. The van der Waals surface area contributed by atoms with Crippen LogP contribution in [0.15, 0.2) is 47.3 Å². The van der Waals surface area contributed by atoms with Crippen molar-refractivity contribution in [1.29, 1.82) is 0 Å². The molecular formula is C15H9Cl2FN2O. The Labute approximate surface area is 129 Å². The van der Waals surface area contributed by atoms with Crippen LogP contribution in [-0.4, -0.2) is 4.57 Å². The first-order chi connectivity index (χ1) is 9.99. The van der Waals surface area contributed by atoms with Crippen LogP contribution in [0.3, 0.4) is 0 Å². The molecule has 1 heterocycles. The summed E-state index contributed by atoms with van der Waals surface area (Å²) in [5, 5.41) is 1.22. The lowest BCUT2D eigenvalue weighted by Crippen LogP contribution is -2.22. The van der Waals surface area contributed by atoms with E-state index in [1.807, 2.05) is 6.07 Å². The van der Waals surface area contributed by atoms with Crippen LogP contribution in [0.25, 0.3) is 16.5 Å². The van der Waals surface area contributed by atoms with Gasteiger partial charge in [0.25, 0.3) is 5.56 Å². The van der Waals surface area contributed by atoms with Crippen molar-refractivity contribution >= 4 is 39.8 Å². The van der Waals surface area contributed by atoms with Crippen LogP contribution in [-0.2, 0) is 0 Å². The normalized spacial score (nSPS) is 11.0. The zero-order chi connectivity index (χ0) is 15.1. The van der Waals surface area contributed by atoms with E-state index in [1.54, 1.807) is 24.3 Å². The molecule has 0 saturated carbocycles. The Balaban J connectivity index is 2.44. The maximum absolute atomic E-state index is 13.3. The molecule has 0 aliphatic rings. The third-order valence-corrected chi connectivity index (χ3v) is 3.74. The van der Waals surface area contributed by atoms with E-state index in [1.165, 1.54) is 4.57 Å². The molecule has 3 rings (SSSR count). The SMILES string of the molecule is Nc1cc2ccccc2c(=O)n1-c1c(Cl)cc(F)cc1Cl. The number of nitrogen functional groups attached to an aromatic ring is 1. The van der Waals surface area contributed by atoms with Gasteiger partial charge in [-0.1, -0.05) is 41.4 Å². The van der Waals surface area contributed by atoms with Gasteiger partial charge in [0.15, 0.2) is 0 Å². The number of rotatable bonds is 1. The van der Waals surface area contributed by atoms with Crippen LogP contribution in [0.5, 0.6) is 0 Å². The standard InChI is InChI=1S/C15H9Cl2FN2O/c16-11-6-9(18)7-12(17)14(11)20-13(19)5-8-3-1-2-4-10(8)15(20)21/h1-7H,19H2. The Morgan fingerprint density at radius 1 is 1.05 bits per heavy atom. The first-order valence-corrected chi connectivity index (χ1v) is 6.80. The Hall–Kier alpha value is -2.04. The van der Waals surface area contributed by atoms with E-state index in [-0.39, 0.29) is 27.1 Å². The van der Waals surface area contributed by atoms with E-state index in [0.717, 1.165) is 12.1 Å². The summed E-state index contributed by atoms with van der Waals surface area (Å²) >= 11 is 12.0. The zero-order valence-electron chi connectivity index (χ0n) is 10.6. The second-order valence-electron chi connectivity index (χ2n) is 4.52. The fourth-order valence-electron chi connectivity index (χ4n) is 2.26. The Morgan fingerprint density at radius 2 is 1.67 bits per heavy atom. The summed E-state index contributed by atoms with van der Waals surface area (Å²) in [6.07, 6.45) is 0. The molecule has 6 heteroatoms. The molecule has 0 fully saturated rings. The van der Waals surface area contributed by atoms with Crippen LogP contribution < -0.4 is 11.3 Å². The minimum atomic E-state index is -0.582. The van der Waals surface area contributed by atoms with Crippen LogP contribution in [0.2, 0.25) is 10.0 Å². The van der Waals surface area contributed by atoms with Gasteiger partial charge in [0, 0.05) is 5.39 Å². The van der Waals surface area contributed by atoms with Crippen molar-refractivity contribution in [3.8, 4) is 5.69 Å². The van der Waals surface area contributed by atoms with Crippen molar-refractivity contribution in [2.24, 2.45) is 0 Å². The lowest BCUT2D eigenvalue weighted by atomic mass is 10.1. The van der Waals surface area contributed by atoms with Crippen LogP contribution in [0.4, 0.5) is 10.2 Å². The van der Waals surface area contributed by atoms with E-state index in [0.29, 0.717) is 10.8 Å². The fourth-order valence-corrected chi connectivity index (χ4v) is 2.89. The molecule has 2 N–H and O–H groups in total. The number of hydrogen-bond donors (Lipinski definition) is 1. The van der Waals surface area contributed by atoms with Gasteiger partial charge in [0.05, 0.1) is 15.7 Å². The second-order valence-corrected chi connectivity index (χ2v) is 5.33. The molecule has 0 bridgehead atoms. The van der Waals surface area contributed by atoms with Gasteiger partial charge in [-0.15, -0.1) is 0 Å². The van der Waals surface area contributed by atoms with E-state index >= 15 is 0 Å². The maximum atomic E-state index is 13.3. The van der Waals surface area contributed by atoms with Gasteiger partial charge in [0.1, 0.15) is 11.6 Å². The molecule has 1 aromatic heterocycles. The van der Waals surface area contributed by atoms with E-state index in [9.17, 15) is 9.18 Å².